The number of halogens is 2. The average Bonchev–Trinajstić information content (AvgIpc) is 2.62. The van der Waals surface area contributed by atoms with Gasteiger partial charge in [-0.25, -0.2) is 14.0 Å². The third-order valence-corrected chi connectivity index (χ3v) is 3.60. The van der Waals surface area contributed by atoms with Crippen LogP contribution >= 0.6 is 15.9 Å². The molecule has 2 aromatic carbocycles. The lowest BCUT2D eigenvalue weighted by molar-refractivity contribution is -0.138. The number of hydrogen-bond donors (Lipinski definition) is 1. The fraction of sp³-hybridized carbons (Fsp3) is 0.111. The molecule has 0 bridgehead atoms. The van der Waals surface area contributed by atoms with E-state index in [1.807, 2.05) is 6.07 Å². The molecule has 0 aromatic heterocycles. The van der Waals surface area contributed by atoms with Crippen molar-refractivity contribution < 1.29 is 28.2 Å². The fourth-order valence-electron chi connectivity index (χ4n) is 1.91. The Hall–Kier alpha value is -2.87. The molecule has 8 heteroatoms. The Kier molecular flexibility index (Phi) is 6.74. The maximum Gasteiger partial charge on any atom is 0.354 e. The highest BCUT2D eigenvalue weighted by atomic mass is 79.9. The van der Waals surface area contributed by atoms with E-state index in [1.165, 1.54) is 19.2 Å². The lowest BCUT2D eigenvalue weighted by atomic mass is 10.2. The van der Waals surface area contributed by atoms with Gasteiger partial charge in [0.25, 0.3) is 0 Å². The van der Waals surface area contributed by atoms with E-state index in [0.29, 0.717) is 5.75 Å². The van der Waals surface area contributed by atoms with E-state index in [0.717, 1.165) is 23.7 Å². The number of carbonyl (C=O) groups is 2. The zero-order valence-corrected chi connectivity index (χ0v) is 15.5. The van der Waals surface area contributed by atoms with Gasteiger partial charge < -0.3 is 19.5 Å². The first-order valence-electron chi connectivity index (χ1n) is 7.31. The summed E-state index contributed by atoms with van der Waals surface area (Å²) in [5, 5.41) is 2.62. The van der Waals surface area contributed by atoms with Crippen molar-refractivity contribution in [2.24, 2.45) is 0 Å². The molecule has 0 fully saturated rings. The molecular formula is C18H15BrFNO5. The first-order valence-corrected chi connectivity index (χ1v) is 8.10. The molecule has 0 spiro atoms. The standard InChI is InChI=1S/C18H15BrFNO5/c1-24-17(22)10-15(18(23)25-2)21-12-6-7-16(14(20)9-12)26-13-5-3-4-11(19)8-13/h3-10,21H,1-2H3/b15-10+. The minimum absolute atomic E-state index is 0.00483. The van der Waals surface area contributed by atoms with E-state index in [9.17, 15) is 14.0 Å². The van der Waals surface area contributed by atoms with Crippen LogP contribution in [0.5, 0.6) is 11.5 Å². The van der Waals surface area contributed by atoms with Crippen molar-refractivity contribution in [1.82, 2.24) is 0 Å². The molecule has 26 heavy (non-hydrogen) atoms. The molecular weight excluding hydrogens is 409 g/mol. The Bertz CT molecular complexity index is 853. The molecule has 0 amide bonds. The Morgan fingerprint density at radius 3 is 2.50 bits per heavy atom. The van der Waals surface area contributed by atoms with Crippen LogP contribution in [-0.2, 0) is 19.1 Å². The molecule has 2 aromatic rings. The number of anilines is 1. The Morgan fingerprint density at radius 1 is 1.12 bits per heavy atom. The fourth-order valence-corrected chi connectivity index (χ4v) is 2.29. The number of benzene rings is 2. The predicted molar refractivity (Wildman–Crippen MR) is 96.4 cm³/mol. The number of ether oxygens (including phenoxy) is 3. The van der Waals surface area contributed by atoms with Crippen LogP contribution in [-0.4, -0.2) is 26.2 Å². The van der Waals surface area contributed by atoms with Gasteiger partial charge in [-0.1, -0.05) is 22.0 Å². The summed E-state index contributed by atoms with van der Waals surface area (Å²) in [6, 6.07) is 11.0. The molecule has 0 aliphatic rings. The number of rotatable bonds is 6. The molecule has 0 aliphatic carbocycles. The molecule has 2 rings (SSSR count). The molecule has 0 saturated heterocycles. The summed E-state index contributed by atoms with van der Waals surface area (Å²) in [7, 11) is 2.33. The maximum absolute atomic E-state index is 14.3. The predicted octanol–water partition coefficient (Wildman–Crippen LogP) is 4.02. The highest BCUT2D eigenvalue weighted by Gasteiger charge is 2.14. The van der Waals surface area contributed by atoms with Gasteiger partial charge in [0.2, 0.25) is 0 Å². The van der Waals surface area contributed by atoms with E-state index < -0.39 is 17.8 Å². The van der Waals surface area contributed by atoms with Crippen molar-refractivity contribution in [3.05, 3.63) is 64.5 Å². The Balaban J connectivity index is 2.21. The van der Waals surface area contributed by atoms with Gasteiger partial charge in [-0.05, 0) is 30.3 Å². The monoisotopic (exact) mass is 423 g/mol. The Labute approximate surface area is 157 Å². The van der Waals surface area contributed by atoms with Gasteiger partial charge in [0, 0.05) is 16.2 Å². The number of esters is 2. The number of hydrogen-bond acceptors (Lipinski definition) is 6. The van der Waals surface area contributed by atoms with Gasteiger partial charge in [0.15, 0.2) is 11.6 Å². The van der Waals surface area contributed by atoms with Crippen molar-refractivity contribution in [2.45, 2.75) is 0 Å². The SMILES string of the molecule is COC(=O)/C=C(/Nc1ccc(Oc2cccc(Br)c2)c(F)c1)C(=O)OC. The molecule has 136 valence electrons. The van der Waals surface area contributed by atoms with Crippen molar-refractivity contribution in [2.75, 3.05) is 19.5 Å². The number of carbonyl (C=O) groups excluding carboxylic acids is 2. The summed E-state index contributed by atoms with van der Waals surface area (Å²) in [6.07, 6.45) is 0.912. The minimum atomic E-state index is -0.801. The van der Waals surface area contributed by atoms with Crippen molar-refractivity contribution in [1.29, 1.82) is 0 Å². The second-order valence-electron chi connectivity index (χ2n) is 4.90. The van der Waals surface area contributed by atoms with Gasteiger partial charge in [-0.15, -0.1) is 0 Å². The van der Waals surface area contributed by atoms with Gasteiger partial charge in [-0.3, -0.25) is 0 Å². The van der Waals surface area contributed by atoms with E-state index >= 15 is 0 Å². The van der Waals surface area contributed by atoms with E-state index in [-0.39, 0.29) is 17.1 Å². The normalized spacial score (nSPS) is 10.8. The molecule has 0 aliphatic heterocycles. The van der Waals surface area contributed by atoms with Crippen molar-refractivity contribution >= 4 is 33.6 Å². The molecule has 0 saturated carbocycles. The van der Waals surface area contributed by atoms with Crippen LogP contribution in [0.3, 0.4) is 0 Å². The largest absolute Gasteiger partial charge is 0.466 e. The van der Waals surface area contributed by atoms with Crippen LogP contribution in [0, 0.1) is 5.82 Å². The van der Waals surface area contributed by atoms with Crippen LogP contribution in [0.15, 0.2) is 58.7 Å². The summed E-state index contributed by atoms with van der Waals surface area (Å²) in [4.78, 5) is 23.0. The van der Waals surface area contributed by atoms with Crippen LogP contribution < -0.4 is 10.1 Å². The van der Waals surface area contributed by atoms with Gasteiger partial charge >= 0.3 is 11.9 Å². The van der Waals surface area contributed by atoms with Gasteiger partial charge in [-0.2, -0.15) is 0 Å². The summed E-state index contributed by atoms with van der Waals surface area (Å²) in [6.45, 7) is 0. The van der Waals surface area contributed by atoms with E-state index in [1.54, 1.807) is 18.2 Å². The smallest absolute Gasteiger partial charge is 0.354 e. The molecule has 0 heterocycles. The topological polar surface area (TPSA) is 73.9 Å². The lowest BCUT2D eigenvalue weighted by Crippen LogP contribution is -2.15. The average molecular weight is 424 g/mol. The summed E-state index contributed by atoms with van der Waals surface area (Å²) < 4.78 is 29.6. The molecule has 0 radical (unpaired) electrons. The summed E-state index contributed by atoms with van der Waals surface area (Å²) in [5.74, 6) is -1.75. The van der Waals surface area contributed by atoms with Crippen LogP contribution in [0.2, 0.25) is 0 Å². The van der Waals surface area contributed by atoms with Crippen LogP contribution in [0.25, 0.3) is 0 Å². The lowest BCUT2D eigenvalue weighted by Gasteiger charge is -2.11. The van der Waals surface area contributed by atoms with Gasteiger partial charge in [0.1, 0.15) is 11.4 Å². The highest BCUT2D eigenvalue weighted by Crippen LogP contribution is 2.28. The second kappa shape index (κ2) is 9.00. The Morgan fingerprint density at radius 2 is 1.88 bits per heavy atom. The summed E-state index contributed by atoms with van der Waals surface area (Å²) >= 11 is 3.31. The molecule has 6 nitrogen and oxygen atoms in total. The van der Waals surface area contributed by atoms with Crippen molar-refractivity contribution in [3.63, 3.8) is 0 Å². The first-order chi connectivity index (χ1) is 12.4. The van der Waals surface area contributed by atoms with Crippen molar-refractivity contribution in [3.8, 4) is 11.5 Å². The highest BCUT2D eigenvalue weighted by molar-refractivity contribution is 9.10. The third-order valence-electron chi connectivity index (χ3n) is 3.10. The zero-order valence-electron chi connectivity index (χ0n) is 13.9. The van der Waals surface area contributed by atoms with E-state index in [2.05, 4.69) is 30.7 Å². The van der Waals surface area contributed by atoms with Gasteiger partial charge in [0.05, 0.1) is 20.3 Å². The van der Waals surface area contributed by atoms with Crippen LogP contribution in [0.1, 0.15) is 0 Å². The van der Waals surface area contributed by atoms with Crippen LogP contribution in [0.4, 0.5) is 10.1 Å². The number of nitrogens with one attached hydrogen (secondary N) is 1. The summed E-state index contributed by atoms with van der Waals surface area (Å²) in [5.41, 5.74) is 0.0315. The number of methoxy groups -OCH3 is 2. The molecule has 0 atom stereocenters. The van der Waals surface area contributed by atoms with E-state index in [4.69, 9.17) is 4.74 Å². The zero-order chi connectivity index (χ0) is 19.1. The third kappa shape index (κ3) is 5.32. The molecule has 1 N–H and O–H groups in total. The minimum Gasteiger partial charge on any atom is -0.466 e. The maximum atomic E-state index is 14.3. The first kappa shape index (κ1) is 19.5. The molecule has 0 unspecified atom stereocenters. The quantitative estimate of drug-likeness (QED) is 0.558. The second-order valence-corrected chi connectivity index (χ2v) is 5.82.